The minimum Gasteiger partial charge on any atom is -0.385 e. The lowest BCUT2D eigenvalue weighted by molar-refractivity contribution is 0.197. The lowest BCUT2D eigenvalue weighted by Crippen LogP contribution is -2.35. The number of aromatic nitrogens is 2. The third-order valence-electron chi connectivity index (χ3n) is 4.13. The van der Waals surface area contributed by atoms with Gasteiger partial charge in [-0.05, 0) is 32.1 Å². The first-order chi connectivity index (χ1) is 9.76. The van der Waals surface area contributed by atoms with Crippen molar-refractivity contribution in [3.63, 3.8) is 0 Å². The Kier molecular flexibility index (Phi) is 4.17. The highest BCUT2D eigenvalue weighted by Crippen LogP contribution is 2.41. The van der Waals surface area contributed by atoms with E-state index in [-0.39, 0.29) is 0 Å². The summed E-state index contributed by atoms with van der Waals surface area (Å²) in [4.78, 5) is 9.42. The number of nitrogens with zero attached hydrogens (tertiary/aromatic N) is 2. The van der Waals surface area contributed by atoms with Crippen molar-refractivity contribution >= 4 is 5.82 Å². The van der Waals surface area contributed by atoms with Gasteiger partial charge in [0.2, 0.25) is 0 Å². The van der Waals surface area contributed by atoms with Crippen LogP contribution in [0.5, 0.6) is 0 Å². The average Bonchev–Trinajstić information content (AvgIpc) is 3.24. The quantitative estimate of drug-likeness (QED) is 0.745. The Balaban J connectivity index is 1.68. The van der Waals surface area contributed by atoms with Crippen molar-refractivity contribution in [2.75, 3.05) is 25.6 Å². The van der Waals surface area contributed by atoms with Crippen LogP contribution in [0.1, 0.15) is 55.5 Å². The van der Waals surface area contributed by atoms with E-state index in [2.05, 4.69) is 16.4 Å². The number of ether oxygens (including phenoxy) is 1. The summed E-state index contributed by atoms with van der Waals surface area (Å²) in [5.74, 6) is 3.11. The minimum absolute atomic E-state index is 0.359. The Hall–Kier alpha value is -1.20. The van der Waals surface area contributed by atoms with Gasteiger partial charge >= 0.3 is 0 Å². The van der Waals surface area contributed by atoms with Gasteiger partial charge < -0.3 is 15.8 Å². The molecule has 5 heteroatoms. The summed E-state index contributed by atoms with van der Waals surface area (Å²) in [6, 6.07) is 2.47. The molecule has 0 radical (unpaired) electrons. The molecule has 1 heterocycles. The zero-order valence-corrected chi connectivity index (χ0v) is 12.1. The van der Waals surface area contributed by atoms with Crippen molar-refractivity contribution in [2.24, 2.45) is 5.73 Å². The van der Waals surface area contributed by atoms with E-state index >= 15 is 0 Å². The molecule has 0 aliphatic heterocycles. The van der Waals surface area contributed by atoms with Gasteiger partial charge in [0.15, 0.2) is 0 Å². The van der Waals surface area contributed by atoms with Gasteiger partial charge in [0.1, 0.15) is 11.6 Å². The number of hydrogen-bond donors (Lipinski definition) is 2. The molecule has 2 aliphatic carbocycles. The summed E-state index contributed by atoms with van der Waals surface area (Å²) in [6.07, 6.45) is 5.57. The fourth-order valence-electron chi connectivity index (χ4n) is 2.65. The first-order valence-electron chi connectivity index (χ1n) is 7.63. The number of rotatable bonds is 7. The molecule has 1 aromatic heterocycles. The Bertz CT molecular complexity index is 455. The molecule has 110 valence electrons. The molecule has 5 nitrogen and oxygen atoms in total. The highest BCUT2D eigenvalue weighted by atomic mass is 16.5. The molecular formula is C15H24N4O. The molecular weight excluding hydrogens is 252 g/mol. The molecule has 0 unspecified atom stereocenters. The zero-order valence-electron chi connectivity index (χ0n) is 12.1. The van der Waals surface area contributed by atoms with Crippen molar-refractivity contribution in [1.82, 2.24) is 9.97 Å². The summed E-state index contributed by atoms with van der Waals surface area (Å²) in [7, 11) is 1.73. The first-order valence-corrected chi connectivity index (χ1v) is 7.63. The Morgan fingerprint density at radius 2 is 2.10 bits per heavy atom. The maximum absolute atomic E-state index is 5.90. The smallest absolute Gasteiger partial charge is 0.134 e. The monoisotopic (exact) mass is 276 g/mol. The molecule has 20 heavy (non-hydrogen) atoms. The van der Waals surface area contributed by atoms with Gasteiger partial charge in [-0.3, -0.25) is 0 Å². The number of nitrogens with one attached hydrogen (secondary N) is 1. The van der Waals surface area contributed by atoms with Crippen LogP contribution in [0.4, 0.5) is 5.82 Å². The molecule has 3 rings (SSSR count). The van der Waals surface area contributed by atoms with Gasteiger partial charge in [0.05, 0.1) is 0 Å². The minimum atomic E-state index is 0.359. The molecule has 0 amide bonds. The van der Waals surface area contributed by atoms with Crippen LogP contribution in [0.2, 0.25) is 0 Å². The SMILES string of the molecule is COCCCNc1cc(C2CC(N)C2)nc(C2CC2)n1. The fourth-order valence-corrected chi connectivity index (χ4v) is 2.65. The van der Waals surface area contributed by atoms with Crippen LogP contribution >= 0.6 is 0 Å². The van der Waals surface area contributed by atoms with Crippen molar-refractivity contribution in [2.45, 2.75) is 50.0 Å². The van der Waals surface area contributed by atoms with Crippen LogP contribution in [0, 0.1) is 0 Å². The van der Waals surface area contributed by atoms with Gasteiger partial charge in [-0.25, -0.2) is 9.97 Å². The third kappa shape index (κ3) is 3.27. The largest absolute Gasteiger partial charge is 0.385 e. The predicted molar refractivity (Wildman–Crippen MR) is 78.9 cm³/mol. The van der Waals surface area contributed by atoms with Gasteiger partial charge in [-0.2, -0.15) is 0 Å². The summed E-state index contributed by atoms with van der Waals surface area (Å²) in [6.45, 7) is 1.66. The molecule has 2 saturated carbocycles. The lowest BCUT2D eigenvalue weighted by Gasteiger charge is -2.32. The molecule has 2 aliphatic rings. The van der Waals surface area contributed by atoms with Gasteiger partial charge in [0.25, 0.3) is 0 Å². The fraction of sp³-hybridized carbons (Fsp3) is 0.733. The van der Waals surface area contributed by atoms with Crippen LogP contribution in [0.25, 0.3) is 0 Å². The Labute approximate surface area is 120 Å². The van der Waals surface area contributed by atoms with E-state index < -0.39 is 0 Å². The average molecular weight is 276 g/mol. The standard InChI is InChI=1S/C15H24N4O/c1-20-6-2-5-17-14-9-13(11-7-12(16)8-11)18-15(19-14)10-3-4-10/h9-12H,2-8,16H2,1H3,(H,17,18,19). The molecule has 2 fully saturated rings. The first kappa shape index (κ1) is 13.8. The van der Waals surface area contributed by atoms with Gasteiger partial charge in [0, 0.05) is 49.9 Å². The van der Waals surface area contributed by atoms with Crippen LogP contribution in [0.3, 0.4) is 0 Å². The van der Waals surface area contributed by atoms with Crippen molar-refractivity contribution in [1.29, 1.82) is 0 Å². The molecule has 0 atom stereocenters. The van der Waals surface area contributed by atoms with Crippen LogP contribution < -0.4 is 11.1 Å². The second kappa shape index (κ2) is 6.06. The normalized spacial score (nSPS) is 25.3. The van der Waals surface area contributed by atoms with Crippen LogP contribution in [-0.2, 0) is 4.74 Å². The van der Waals surface area contributed by atoms with E-state index in [1.165, 1.54) is 18.5 Å². The van der Waals surface area contributed by atoms with Gasteiger partial charge in [-0.1, -0.05) is 0 Å². The second-order valence-electron chi connectivity index (χ2n) is 6.01. The van der Waals surface area contributed by atoms with E-state index in [1.54, 1.807) is 7.11 Å². The second-order valence-corrected chi connectivity index (χ2v) is 6.01. The zero-order chi connectivity index (χ0) is 13.9. The summed E-state index contributed by atoms with van der Waals surface area (Å²) < 4.78 is 5.07. The topological polar surface area (TPSA) is 73.1 Å². The molecule has 0 saturated heterocycles. The number of anilines is 1. The number of hydrogen-bond acceptors (Lipinski definition) is 5. The Morgan fingerprint density at radius 1 is 1.30 bits per heavy atom. The van der Waals surface area contributed by atoms with Gasteiger partial charge in [-0.15, -0.1) is 0 Å². The molecule has 0 bridgehead atoms. The summed E-state index contributed by atoms with van der Waals surface area (Å²) >= 11 is 0. The Morgan fingerprint density at radius 3 is 2.75 bits per heavy atom. The van der Waals surface area contributed by atoms with Crippen molar-refractivity contribution < 1.29 is 4.74 Å². The van der Waals surface area contributed by atoms with Crippen LogP contribution in [-0.4, -0.2) is 36.3 Å². The maximum Gasteiger partial charge on any atom is 0.134 e. The van der Waals surface area contributed by atoms with Crippen LogP contribution in [0.15, 0.2) is 6.07 Å². The number of methoxy groups -OCH3 is 1. The maximum atomic E-state index is 5.90. The third-order valence-corrected chi connectivity index (χ3v) is 4.13. The van der Waals surface area contributed by atoms with E-state index in [0.29, 0.717) is 17.9 Å². The number of nitrogens with two attached hydrogens (primary N) is 1. The summed E-state index contributed by atoms with van der Waals surface area (Å²) in [5.41, 5.74) is 7.07. The molecule has 1 aromatic rings. The summed E-state index contributed by atoms with van der Waals surface area (Å²) in [5, 5.41) is 3.39. The van der Waals surface area contributed by atoms with E-state index in [1.807, 2.05) is 0 Å². The highest BCUT2D eigenvalue weighted by molar-refractivity contribution is 5.38. The highest BCUT2D eigenvalue weighted by Gasteiger charge is 2.32. The van der Waals surface area contributed by atoms with E-state index in [4.69, 9.17) is 15.5 Å². The lowest BCUT2D eigenvalue weighted by atomic mass is 9.78. The molecule has 0 spiro atoms. The molecule has 3 N–H and O–H groups in total. The molecule has 0 aromatic carbocycles. The van der Waals surface area contributed by atoms with E-state index in [9.17, 15) is 0 Å². The van der Waals surface area contributed by atoms with E-state index in [0.717, 1.165) is 44.1 Å². The van der Waals surface area contributed by atoms with Crippen molar-refractivity contribution in [3.05, 3.63) is 17.6 Å². The van der Waals surface area contributed by atoms with Crippen molar-refractivity contribution in [3.8, 4) is 0 Å². The predicted octanol–water partition coefficient (Wildman–Crippen LogP) is 2.01.